The monoisotopic (exact) mass is 458 g/mol. The van der Waals surface area contributed by atoms with Gasteiger partial charge in [-0.05, 0) is 42.7 Å². The van der Waals surface area contributed by atoms with Crippen LogP contribution in [-0.4, -0.2) is 63.6 Å². The summed E-state index contributed by atoms with van der Waals surface area (Å²) in [5, 5.41) is 1.14. The zero-order valence-electron chi connectivity index (χ0n) is 16.8. The molecule has 31 heavy (non-hydrogen) atoms. The number of imidazole rings is 1. The van der Waals surface area contributed by atoms with E-state index >= 15 is 0 Å². The lowest BCUT2D eigenvalue weighted by molar-refractivity contribution is 0.0533. The van der Waals surface area contributed by atoms with E-state index in [0.29, 0.717) is 36.8 Å². The predicted molar refractivity (Wildman–Crippen MR) is 119 cm³/mol. The Hall–Kier alpha value is -2.84. The van der Waals surface area contributed by atoms with Gasteiger partial charge in [0, 0.05) is 54.8 Å². The maximum atomic E-state index is 14.0. The van der Waals surface area contributed by atoms with E-state index in [1.165, 1.54) is 30.0 Å². The predicted octanol–water partition coefficient (Wildman–Crippen LogP) is 3.98. The molecule has 0 spiro atoms. The van der Waals surface area contributed by atoms with Crippen LogP contribution in [0.4, 0.5) is 4.39 Å². The third-order valence-electron chi connectivity index (χ3n) is 5.17. The van der Waals surface area contributed by atoms with E-state index in [2.05, 4.69) is 4.98 Å². The van der Waals surface area contributed by atoms with E-state index in [1.54, 1.807) is 22.1 Å². The van der Waals surface area contributed by atoms with Crippen LogP contribution in [0.1, 0.15) is 20.7 Å². The van der Waals surface area contributed by atoms with Crippen molar-refractivity contribution in [1.82, 2.24) is 19.4 Å². The Morgan fingerprint density at radius 1 is 1.03 bits per heavy atom. The highest BCUT2D eigenvalue weighted by Crippen LogP contribution is 2.21. The fourth-order valence-corrected chi connectivity index (χ4v) is 4.25. The first-order valence-corrected chi connectivity index (χ1v) is 11.3. The number of hydrogen-bond donors (Lipinski definition) is 0. The summed E-state index contributed by atoms with van der Waals surface area (Å²) in [6, 6.07) is 11.3. The third kappa shape index (κ3) is 4.45. The van der Waals surface area contributed by atoms with E-state index in [9.17, 15) is 14.0 Å². The summed E-state index contributed by atoms with van der Waals surface area (Å²) in [7, 11) is 0. The Bertz CT molecular complexity index is 1130. The fraction of sp³-hybridized carbons (Fsp3) is 0.227. The number of amides is 2. The van der Waals surface area contributed by atoms with Crippen molar-refractivity contribution in [1.29, 1.82) is 0 Å². The molecular formula is C22H20ClFN4O2S. The Balaban J connectivity index is 1.45. The fourth-order valence-electron chi connectivity index (χ4n) is 3.55. The van der Waals surface area contributed by atoms with Gasteiger partial charge < -0.3 is 9.80 Å². The number of rotatable bonds is 4. The molecule has 0 aliphatic carbocycles. The Morgan fingerprint density at radius 2 is 1.74 bits per heavy atom. The average molecular weight is 459 g/mol. The zero-order chi connectivity index (χ0) is 22.0. The molecule has 0 unspecified atom stereocenters. The first kappa shape index (κ1) is 21.4. The normalized spacial score (nSPS) is 14.0. The van der Waals surface area contributed by atoms with Crippen LogP contribution in [-0.2, 0) is 0 Å². The lowest BCUT2D eigenvalue weighted by atomic mass is 10.1. The molecule has 0 atom stereocenters. The highest BCUT2D eigenvalue weighted by molar-refractivity contribution is 7.98. The third-order valence-corrected chi connectivity index (χ3v) is 6.08. The number of aromatic nitrogens is 2. The number of carbonyl (C=O) groups is 2. The largest absolute Gasteiger partial charge is 0.335 e. The molecule has 2 amide bonds. The lowest BCUT2D eigenvalue weighted by Gasteiger charge is -2.35. The number of thioether (sulfide) groups is 1. The minimum Gasteiger partial charge on any atom is -0.335 e. The molecule has 0 N–H and O–H groups in total. The molecule has 0 radical (unpaired) electrons. The second-order valence-electron chi connectivity index (χ2n) is 7.04. The van der Waals surface area contributed by atoms with Crippen molar-refractivity contribution >= 4 is 35.2 Å². The molecule has 1 aliphatic heterocycles. The molecular weight excluding hydrogens is 439 g/mol. The molecule has 0 bridgehead atoms. The standard InChI is InChI=1S/C22H20ClFN4O2S/c1-31-22-25-7-8-28(22)17-4-2-3-15(13-17)20(29)26-9-11-27(12-10-26)21(30)18-14-16(23)5-6-19(18)24/h2-8,13-14H,9-12H2,1H3. The zero-order valence-corrected chi connectivity index (χ0v) is 18.4. The summed E-state index contributed by atoms with van der Waals surface area (Å²) in [6.07, 6.45) is 5.53. The molecule has 1 fully saturated rings. The van der Waals surface area contributed by atoms with Crippen LogP contribution < -0.4 is 0 Å². The van der Waals surface area contributed by atoms with E-state index in [-0.39, 0.29) is 11.5 Å². The summed E-state index contributed by atoms with van der Waals surface area (Å²) in [4.78, 5) is 33.3. The molecule has 6 nitrogen and oxygen atoms in total. The number of halogens is 2. The molecule has 1 aliphatic rings. The second-order valence-corrected chi connectivity index (χ2v) is 8.25. The van der Waals surface area contributed by atoms with Crippen molar-refractivity contribution < 1.29 is 14.0 Å². The number of piperazine rings is 1. The van der Waals surface area contributed by atoms with Gasteiger partial charge in [0.05, 0.1) is 5.56 Å². The molecule has 2 heterocycles. The van der Waals surface area contributed by atoms with Gasteiger partial charge in [0.25, 0.3) is 11.8 Å². The summed E-state index contributed by atoms with van der Waals surface area (Å²) in [6.45, 7) is 1.40. The summed E-state index contributed by atoms with van der Waals surface area (Å²) < 4.78 is 16.0. The summed E-state index contributed by atoms with van der Waals surface area (Å²) >= 11 is 7.43. The molecule has 4 rings (SSSR count). The molecule has 0 saturated carbocycles. The van der Waals surface area contributed by atoms with Gasteiger partial charge in [-0.1, -0.05) is 29.4 Å². The van der Waals surface area contributed by atoms with Crippen LogP contribution in [0.2, 0.25) is 5.02 Å². The molecule has 9 heteroatoms. The van der Waals surface area contributed by atoms with Crippen molar-refractivity contribution in [3.8, 4) is 5.69 Å². The van der Waals surface area contributed by atoms with E-state index < -0.39 is 11.7 Å². The average Bonchev–Trinajstić information content (AvgIpc) is 3.29. The molecule has 2 aromatic carbocycles. The maximum Gasteiger partial charge on any atom is 0.257 e. The topological polar surface area (TPSA) is 58.4 Å². The number of carbonyl (C=O) groups excluding carboxylic acids is 2. The SMILES string of the molecule is CSc1nccn1-c1cccc(C(=O)N2CCN(C(=O)c3cc(Cl)ccc3F)CC2)c1. The minimum absolute atomic E-state index is 0.0510. The van der Waals surface area contributed by atoms with E-state index in [4.69, 9.17) is 11.6 Å². The Labute approximate surface area is 188 Å². The minimum atomic E-state index is -0.603. The first-order valence-electron chi connectivity index (χ1n) is 9.69. The van der Waals surface area contributed by atoms with Gasteiger partial charge in [0.2, 0.25) is 0 Å². The first-order chi connectivity index (χ1) is 15.0. The van der Waals surface area contributed by atoms with Gasteiger partial charge in [-0.25, -0.2) is 9.37 Å². The molecule has 3 aromatic rings. The smallest absolute Gasteiger partial charge is 0.257 e. The van der Waals surface area contributed by atoms with Crippen molar-refractivity contribution in [2.24, 2.45) is 0 Å². The second kappa shape index (κ2) is 9.11. The highest BCUT2D eigenvalue weighted by Gasteiger charge is 2.27. The van der Waals surface area contributed by atoms with Crippen LogP contribution >= 0.6 is 23.4 Å². The van der Waals surface area contributed by atoms with Gasteiger partial charge in [-0.3, -0.25) is 14.2 Å². The van der Waals surface area contributed by atoms with Crippen LogP contribution in [0, 0.1) is 5.82 Å². The van der Waals surface area contributed by atoms with Gasteiger partial charge >= 0.3 is 0 Å². The van der Waals surface area contributed by atoms with Crippen LogP contribution in [0.3, 0.4) is 0 Å². The van der Waals surface area contributed by atoms with E-state index in [0.717, 1.165) is 10.8 Å². The van der Waals surface area contributed by atoms with Crippen molar-refractivity contribution in [2.45, 2.75) is 5.16 Å². The highest BCUT2D eigenvalue weighted by atomic mass is 35.5. The summed E-state index contributed by atoms with van der Waals surface area (Å²) in [5.74, 6) is -1.12. The Morgan fingerprint density at radius 3 is 2.45 bits per heavy atom. The summed E-state index contributed by atoms with van der Waals surface area (Å²) in [5.41, 5.74) is 1.38. The van der Waals surface area contributed by atoms with E-state index in [1.807, 2.05) is 35.2 Å². The maximum absolute atomic E-state index is 14.0. The number of nitrogens with zero attached hydrogens (tertiary/aromatic N) is 4. The van der Waals surface area contributed by atoms with Crippen LogP contribution in [0.25, 0.3) is 5.69 Å². The van der Waals surface area contributed by atoms with Gasteiger partial charge in [-0.2, -0.15) is 0 Å². The van der Waals surface area contributed by atoms with Gasteiger partial charge in [0.15, 0.2) is 5.16 Å². The van der Waals surface area contributed by atoms with Crippen molar-refractivity contribution in [2.75, 3.05) is 32.4 Å². The van der Waals surface area contributed by atoms with Crippen molar-refractivity contribution in [3.05, 3.63) is 76.8 Å². The molecule has 1 saturated heterocycles. The Kier molecular flexibility index (Phi) is 6.29. The van der Waals surface area contributed by atoms with Gasteiger partial charge in [0.1, 0.15) is 5.82 Å². The number of benzene rings is 2. The molecule has 1 aromatic heterocycles. The number of hydrogen-bond acceptors (Lipinski definition) is 4. The van der Waals surface area contributed by atoms with Crippen LogP contribution in [0.15, 0.2) is 60.0 Å². The quantitative estimate of drug-likeness (QED) is 0.555. The molecule has 160 valence electrons. The van der Waals surface area contributed by atoms with Crippen LogP contribution in [0.5, 0.6) is 0 Å². The van der Waals surface area contributed by atoms with Crippen molar-refractivity contribution in [3.63, 3.8) is 0 Å². The van der Waals surface area contributed by atoms with Gasteiger partial charge in [-0.15, -0.1) is 0 Å². The lowest BCUT2D eigenvalue weighted by Crippen LogP contribution is -2.50.